The third-order valence-electron chi connectivity index (χ3n) is 2.30. The first-order valence-electron chi connectivity index (χ1n) is 4.54. The van der Waals surface area contributed by atoms with Crippen LogP contribution < -0.4 is 0 Å². The Morgan fingerprint density at radius 2 is 2.31 bits per heavy atom. The van der Waals surface area contributed by atoms with Crippen molar-refractivity contribution in [1.82, 2.24) is 8.96 Å². The van der Waals surface area contributed by atoms with E-state index in [0.717, 1.165) is 10.3 Å². The van der Waals surface area contributed by atoms with Crippen molar-refractivity contribution < 1.29 is 17.4 Å². The average Bonchev–Trinajstić information content (AvgIpc) is 2.87. The molecule has 2 aromatic rings. The standard InChI is InChI=1S/C9H10N2O4S/c1-7(9-3-2-4-15-9)8-5-10-6-11(8)16(12,13)14/h2-7H,1H3,(H,12,13,14). The second-order valence-electron chi connectivity index (χ2n) is 3.33. The number of furan rings is 1. The Morgan fingerprint density at radius 3 is 2.88 bits per heavy atom. The molecule has 2 heterocycles. The Bertz CT molecular complexity index is 570. The molecule has 0 spiro atoms. The molecule has 0 radical (unpaired) electrons. The third kappa shape index (κ3) is 1.86. The molecule has 2 aromatic heterocycles. The molecule has 0 amide bonds. The van der Waals surface area contributed by atoms with Gasteiger partial charge >= 0.3 is 10.3 Å². The summed E-state index contributed by atoms with van der Waals surface area (Å²) in [5.41, 5.74) is 0.345. The number of imidazole rings is 1. The van der Waals surface area contributed by atoms with Gasteiger partial charge in [0.1, 0.15) is 12.1 Å². The van der Waals surface area contributed by atoms with Gasteiger partial charge in [0.15, 0.2) is 0 Å². The van der Waals surface area contributed by atoms with Crippen molar-refractivity contribution in [2.45, 2.75) is 12.8 Å². The maximum absolute atomic E-state index is 11.0. The molecule has 1 N–H and O–H groups in total. The van der Waals surface area contributed by atoms with Crippen LogP contribution in [0.1, 0.15) is 24.3 Å². The number of hydrogen-bond donors (Lipinski definition) is 1. The monoisotopic (exact) mass is 242 g/mol. The Morgan fingerprint density at radius 1 is 1.56 bits per heavy atom. The quantitative estimate of drug-likeness (QED) is 0.819. The van der Waals surface area contributed by atoms with Gasteiger partial charge in [0.25, 0.3) is 0 Å². The van der Waals surface area contributed by atoms with Gasteiger partial charge in [-0.3, -0.25) is 4.55 Å². The maximum Gasteiger partial charge on any atom is 0.364 e. The SMILES string of the molecule is CC(c1ccco1)c1cncn1S(=O)(=O)O. The smallest absolute Gasteiger partial charge is 0.364 e. The van der Waals surface area contributed by atoms with E-state index in [4.69, 9.17) is 8.97 Å². The van der Waals surface area contributed by atoms with Crippen molar-refractivity contribution in [2.24, 2.45) is 0 Å². The molecule has 1 atom stereocenters. The number of rotatable bonds is 3. The van der Waals surface area contributed by atoms with Crippen molar-refractivity contribution in [3.05, 3.63) is 42.4 Å². The number of nitrogens with zero attached hydrogens (tertiary/aromatic N) is 2. The van der Waals surface area contributed by atoms with Crippen molar-refractivity contribution in [1.29, 1.82) is 0 Å². The van der Waals surface area contributed by atoms with Crippen LogP contribution in [-0.4, -0.2) is 21.9 Å². The van der Waals surface area contributed by atoms with E-state index in [-0.39, 0.29) is 5.92 Å². The van der Waals surface area contributed by atoms with Gasteiger partial charge in [-0.1, -0.05) is 0 Å². The molecule has 1 unspecified atom stereocenters. The molecule has 0 fully saturated rings. The van der Waals surface area contributed by atoms with E-state index in [0.29, 0.717) is 11.5 Å². The van der Waals surface area contributed by atoms with E-state index in [1.165, 1.54) is 12.5 Å². The molecule has 16 heavy (non-hydrogen) atoms. The molecule has 0 aromatic carbocycles. The van der Waals surface area contributed by atoms with Crippen LogP contribution in [-0.2, 0) is 10.3 Å². The summed E-state index contributed by atoms with van der Waals surface area (Å²) in [7, 11) is -4.31. The highest BCUT2D eigenvalue weighted by molar-refractivity contribution is 7.84. The van der Waals surface area contributed by atoms with E-state index < -0.39 is 10.3 Å². The molecule has 0 saturated heterocycles. The molecular weight excluding hydrogens is 232 g/mol. The zero-order chi connectivity index (χ0) is 11.8. The minimum atomic E-state index is -4.31. The molecule has 0 aliphatic carbocycles. The van der Waals surface area contributed by atoms with E-state index >= 15 is 0 Å². The molecule has 6 nitrogen and oxygen atoms in total. The average molecular weight is 242 g/mol. The summed E-state index contributed by atoms with van der Waals surface area (Å²) in [6, 6.07) is 3.44. The van der Waals surface area contributed by atoms with Gasteiger partial charge in [0, 0.05) is 0 Å². The van der Waals surface area contributed by atoms with Gasteiger partial charge in [-0.15, -0.1) is 0 Å². The first kappa shape index (κ1) is 10.9. The van der Waals surface area contributed by atoms with Crippen LogP contribution in [0.4, 0.5) is 0 Å². The fraction of sp³-hybridized carbons (Fsp3) is 0.222. The molecule has 86 valence electrons. The predicted molar refractivity (Wildman–Crippen MR) is 55.4 cm³/mol. The summed E-state index contributed by atoms with van der Waals surface area (Å²) in [5.74, 6) is 0.296. The normalized spacial score (nSPS) is 13.9. The molecule has 2 rings (SSSR count). The summed E-state index contributed by atoms with van der Waals surface area (Å²) < 4.78 is 36.9. The third-order valence-corrected chi connectivity index (χ3v) is 3.10. The van der Waals surface area contributed by atoms with Crippen molar-refractivity contribution >= 4 is 10.3 Å². The maximum atomic E-state index is 11.0. The highest BCUT2D eigenvalue weighted by Gasteiger charge is 2.20. The van der Waals surface area contributed by atoms with Crippen LogP contribution in [0.2, 0.25) is 0 Å². The second kappa shape index (κ2) is 3.76. The van der Waals surface area contributed by atoms with E-state index in [9.17, 15) is 8.42 Å². The van der Waals surface area contributed by atoms with E-state index in [1.54, 1.807) is 19.1 Å². The zero-order valence-corrected chi connectivity index (χ0v) is 9.26. The molecule has 7 heteroatoms. The zero-order valence-electron chi connectivity index (χ0n) is 8.44. The van der Waals surface area contributed by atoms with Gasteiger partial charge in [0.2, 0.25) is 0 Å². The minimum absolute atomic E-state index is 0.306. The Labute approximate surface area is 92.4 Å². The lowest BCUT2D eigenvalue weighted by Gasteiger charge is -2.09. The summed E-state index contributed by atoms with van der Waals surface area (Å²) in [4.78, 5) is 3.70. The van der Waals surface area contributed by atoms with Crippen LogP contribution in [0.5, 0.6) is 0 Å². The molecular formula is C9H10N2O4S. The van der Waals surface area contributed by atoms with Crippen LogP contribution >= 0.6 is 0 Å². The van der Waals surface area contributed by atoms with Crippen LogP contribution in [0.25, 0.3) is 0 Å². The predicted octanol–water partition coefficient (Wildman–Crippen LogP) is 1.28. The number of hydrogen-bond acceptors (Lipinski definition) is 4. The molecule has 0 saturated carbocycles. The van der Waals surface area contributed by atoms with Gasteiger partial charge in [-0.25, -0.2) is 8.96 Å². The van der Waals surface area contributed by atoms with Crippen molar-refractivity contribution in [3.63, 3.8) is 0 Å². The second-order valence-corrected chi connectivity index (χ2v) is 4.62. The lowest BCUT2D eigenvalue weighted by Crippen LogP contribution is -2.14. The lowest BCUT2D eigenvalue weighted by molar-refractivity contribution is 0.464. The summed E-state index contributed by atoms with van der Waals surface area (Å²) in [5, 5.41) is 0. The van der Waals surface area contributed by atoms with Crippen molar-refractivity contribution in [2.75, 3.05) is 0 Å². The van der Waals surface area contributed by atoms with Gasteiger partial charge in [-0.05, 0) is 19.1 Å². The molecule has 0 aliphatic heterocycles. The summed E-state index contributed by atoms with van der Waals surface area (Å²) >= 11 is 0. The Balaban J connectivity index is 2.46. The van der Waals surface area contributed by atoms with Crippen LogP contribution in [0.3, 0.4) is 0 Å². The molecule has 0 bridgehead atoms. The van der Waals surface area contributed by atoms with Crippen molar-refractivity contribution in [3.8, 4) is 0 Å². The van der Waals surface area contributed by atoms with Gasteiger partial charge in [-0.2, -0.15) is 8.42 Å². The number of aromatic nitrogens is 2. The first-order chi connectivity index (χ1) is 7.50. The van der Waals surface area contributed by atoms with Crippen LogP contribution in [0.15, 0.2) is 35.3 Å². The van der Waals surface area contributed by atoms with Crippen LogP contribution in [0, 0.1) is 0 Å². The van der Waals surface area contributed by atoms with E-state index in [1.807, 2.05) is 0 Å². The fourth-order valence-electron chi connectivity index (χ4n) is 1.47. The first-order valence-corrected chi connectivity index (χ1v) is 5.93. The van der Waals surface area contributed by atoms with Gasteiger partial charge < -0.3 is 4.42 Å². The van der Waals surface area contributed by atoms with E-state index in [2.05, 4.69) is 4.98 Å². The fourth-order valence-corrected chi connectivity index (χ4v) is 2.12. The summed E-state index contributed by atoms with van der Waals surface area (Å²) in [6.07, 6.45) is 3.92. The van der Waals surface area contributed by atoms with Gasteiger partial charge in [0.05, 0.1) is 24.1 Å². The topological polar surface area (TPSA) is 85.3 Å². The summed E-state index contributed by atoms with van der Waals surface area (Å²) in [6.45, 7) is 1.76. The molecule has 0 aliphatic rings. The largest absolute Gasteiger partial charge is 0.469 e. The Hall–Kier alpha value is -1.60. The highest BCUT2D eigenvalue weighted by atomic mass is 32.2. The highest BCUT2D eigenvalue weighted by Crippen LogP contribution is 2.24. The minimum Gasteiger partial charge on any atom is -0.469 e. The Kier molecular flexibility index (Phi) is 2.56. The lowest BCUT2D eigenvalue weighted by atomic mass is 10.1.